The van der Waals surface area contributed by atoms with Crippen molar-refractivity contribution < 1.29 is 8.78 Å². The second-order valence-electron chi connectivity index (χ2n) is 4.57. The van der Waals surface area contributed by atoms with Crippen molar-refractivity contribution in [3.63, 3.8) is 0 Å². The smallest absolute Gasteiger partial charge is 0.249 e. The lowest BCUT2D eigenvalue weighted by molar-refractivity contribution is -0.0102. The molecule has 17 heavy (non-hydrogen) atoms. The molecular formula is C13H18F2N2. The Morgan fingerprint density at radius 2 is 2.06 bits per heavy atom. The first kappa shape index (κ1) is 12.3. The lowest BCUT2D eigenvalue weighted by atomic mass is 10.1. The van der Waals surface area contributed by atoms with Crippen molar-refractivity contribution in [1.29, 1.82) is 0 Å². The van der Waals surface area contributed by atoms with Gasteiger partial charge in [-0.1, -0.05) is 12.1 Å². The predicted octanol–water partition coefficient (Wildman–Crippen LogP) is 2.77. The first-order chi connectivity index (χ1) is 8.11. The number of alkyl halides is 2. The van der Waals surface area contributed by atoms with Gasteiger partial charge in [-0.15, -0.1) is 0 Å². The maximum Gasteiger partial charge on any atom is 0.249 e. The number of hydrogen-bond donors (Lipinski definition) is 1. The molecule has 1 aliphatic rings. The fraction of sp³-hybridized carbons (Fsp3) is 0.538. The number of halogens is 2. The van der Waals surface area contributed by atoms with E-state index in [-0.39, 0.29) is 12.8 Å². The first-order valence-corrected chi connectivity index (χ1v) is 6.02. The third-order valence-corrected chi connectivity index (χ3v) is 3.23. The molecule has 94 valence electrons. The van der Waals surface area contributed by atoms with E-state index in [0.717, 1.165) is 11.3 Å². The summed E-state index contributed by atoms with van der Waals surface area (Å²) < 4.78 is 26.5. The standard InChI is InChI=1S/C13H18F2N2/c14-13(15)5-2-7-17(8-6-13)12-4-1-3-11(9-12)10-16/h1,3-4,9H,2,5-8,10,16H2. The van der Waals surface area contributed by atoms with Crippen LogP contribution in [-0.4, -0.2) is 19.0 Å². The highest BCUT2D eigenvalue weighted by Gasteiger charge is 2.31. The van der Waals surface area contributed by atoms with E-state index in [1.807, 2.05) is 29.2 Å². The fourth-order valence-corrected chi connectivity index (χ4v) is 2.20. The van der Waals surface area contributed by atoms with Gasteiger partial charge in [0.05, 0.1) is 0 Å². The van der Waals surface area contributed by atoms with E-state index >= 15 is 0 Å². The molecule has 0 unspecified atom stereocenters. The molecule has 1 aromatic rings. The molecule has 2 N–H and O–H groups in total. The van der Waals surface area contributed by atoms with Crippen LogP contribution in [0.3, 0.4) is 0 Å². The molecule has 0 bridgehead atoms. The quantitative estimate of drug-likeness (QED) is 0.861. The summed E-state index contributed by atoms with van der Waals surface area (Å²) in [5.74, 6) is -2.50. The average molecular weight is 240 g/mol. The minimum Gasteiger partial charge on any atom is -0.371 e. The van der Waals surface area contributed by atoms with E-state index in [2.05, 4.69) is 0 Å². The van der Waals surface area contributed by atoms with Gasteiger partial charge in [-0.25, -0.2) is 8.78 Å². The molecule has 1 aliphatic heterocycles. The van der Waals surface area contributed by atoms with Crippen LogP contribution in [0.2, 0.25) is 0 Å². The van der Waals surface area contributed by atoms with Crippen LogP contribution in [0.5, 0.6) is 0 Å². The molecule has 1 fully saturated rings. The molecule has 1 aromatic carbocycles. The topological polar surface area (TPSA) is 29.3 Å². The highest BCUT2D eigenvalue weighted by molar-refractivity contribution is 5.48. The van der Waals surface area contributed by atoms with Gasteiger partial charge in [0.25, 0.3) is 0 Å². The zero-order valence-corrected chi connectivity index (χ0v) is 9.83. The minimum absolute atomic E-state index is 0.0000790. The fourth-order valence-electron chi connectivity index (χ4n) is 2.20. The number of anilines is 1. The lowest BCUT2D eigenvalue weighted by Gasteiger charge is -2.23. The monoisotopic (exact) mass is 240 g/mol. The Morgan fingerprint density at radius 3 is 2.82 bits per heavy atom. The summed E-state index contributed by atoms with van der Waals surface area (Å²) in [5, 5.41) is 0. The van der Waals surface area contributed by atoms with Crippen LogP contribution in [0, 0.1) is 0 Å². The van der Waals surface area contributed by atoms with Gasteiger partial charge in [-0.05, 0) is 24.1 Å². The Labute approximate surface area is 100 Å². The van der Waals surface area contributed by atoms with Gasteiger partial charge in [-0.2, -0.15) is 0 Å². The van der Waals surface area contributed by atoms with Gasteiger partial charge in [-0.3, -0.25) is 0 Å². The molecule has 2 nitrogen and oxygen atoms in total. The van der Waals surface area contributed by atoms with Crippen LogP contribution in [-0.2, 0) is 6.54 Å². The summed E-state index contributed by atoms with van der Waals surface area (Å²) in [7, 11) is 0. The molecule has 1 heterocycles. The molecule has 0 atom stereocenters. The van der Waals surface area contributed by atoms with Crippen molar-refractivity contribution in [3.8, 4) is 0 Å². The predicted molar refractivity (Wildman–Crippen MR) is 65.3 cm³/mol. The molecule has 0 amide bonds. The van der Waals surface area contributed by atoms with Crippen LogP contribution < -0.4 is 10.6 Å². The number of nitrogens with two attached hydrogens (primary N) is 1. The van der Waals surface area contributed by atoms with Gasteiger partial charge in [0, 0.05) is 38.2 Å². The summed E-state index contributed by atoms with van der Waals surface area (Å²) in [6.07, 6.45) is 0.486. The van der Waals surface area contributed by atoms with Crippen LogP contribution in [0.15, 0.2) is 24.3 Å². The van der Waals surface area contributed by atoms with Crippen molar-refractivity contribution in [2.45, 2.75) is 31.7 Å². The van der Waals surface area contributed by atoms with E-state index in [1.54, 1.807) is 0 Å². The SMILES string of the molecule is NCc1cccc(N2CCCC(F)(F)CC2)c1. The van der Waals surface area contributed by atoms with Crippen molar-refractivity contribution >= 4 is 5.69 Å². The summed E-state index contributed by atoms with van der Waals surface area (Å²) in [4.78, 5) is 2.03. The van der Waals surface area contributed by atoms with Crippen molar-refractivity contribution in [2.24, 2.45) is 5.73 Å². The molecule has 0 saturated carbocycles. The maximum absolute atomic E-state index is 13.3. The molecule has 1 saturated heterocycles. The van der Waals surface area contributed by atoms with E-state index in [1.165, 1.54) is 0 Å². The van der Waals surface area contributed by atoms with Crippen molar-refractivity contribution in [1.82, 2.24) is 0 Å². The van der Waals surface area contributed by atoms with E-state index in [0.29, 0.717) is 26.1 Å². The zero-order valence-electron chi connectivity index (χ0n) is 9.83. The van der Waals surface area contributed by atoms with Gasteiger partial charge >= 0.3 is 0 Å². The zero-order chi connectivity index (χ0) is 12.3. The van der Waals surface area contributed by atoms with E-state index < -0.39 is 5.92 Å². The highest BCUT2D eigenvalue weighted by atomic mass is 19.3. The van der Waals surface area contributed by atoms with Gasteiger partial charge < -0.3 is 10.6 Å². The van der Waals surface area contributed by atoms with Crippen LogP contribution >= 0.6 is 0 Å². The normalized spacial score (nSPS) is 20.1. The van der Waals surface area contributed by atoms with E-state index in [4.69, 9.17) is 5.73 Å². The second kappa shape index (κ2) is 5.00. The summed E-state index contributed by atoms with van der Waals surface area (Å²) in [5.41, 5.74) is 7.63. The Hall–Kier alpha value is -1.16. The maximum atomic E-state index is 13.3. The van der Waals surface area contributed by atoms with Gasteiger partial charge in [0.1, 0.15) is 0 Å². The van der Waals surface area contributed by atoms with Crippen molar-refractivity contribution in [3.05, 3.63) is 29.8 Å². The molecule has 0 radical (unpaired) electrons. The van der Waals surface area contributed by atoms with Gasteiger partial charge in [0.15, 0.2) is 0 Å². The van der Waals surface area contributed by atoms with Gasteiger partial charge in [0.2, 0.25) is 5.92 Å². The summed E-state index contributed by atoms with van der Waals surface area (Å²) in [6, 6.07) is 7.84. The highest BCUT2D eigenvalue weighted by Crippen LogP contribution is 2.30. The Balaban J connectivity index is 2.11. The second-order valence-corrected chi connectivity index (χ2v) is 4.57. The summed E-state index contributed by atoms with van der Waals surface area (Å²) in [6.45, 7) is 1.60. The third-order valence-electron chi connectivity index (χ3n) is 3.23. The molecule has 0 aromatic heterocycles. The first-order valence-electron chi connectivity index (χ1n) is 6.02. The number of rotatable bonds is 2. The third kappa shape index (κ3) is 3.16. The largest absolute Gasteiger partial charge is 0.371 e. The molecular weight excluding hydrogens is 222 g/mol. The minimum atomic E-state index is -2.50. The molecule has 0 spiro atoms. The summed E-state index contributed by atoms with van der Waals surface area (Å²) >= 11 is 0. The molecule has 2 rings (SSSR count). The van der Waals surface area contributed by atoms with Crippen LogP contribution in [0.25, 0.3) is 0 Å². The van der Waals surface area contributed by atoms with Crippen LogP contribution in [0.4, 0.5) is 14.5 Å². The number of hydrogen-bond acceptors (Lipinski definition) is 2. The molecule has 0 aliphatic carbocycles. The van der Waals surface area contributed by atoms with E-state index in [9.17, 15) is 8.78 Å². The number of benzene rings is 1. The lowest BCUT2D eigenvalue weighted by Crippen LogP contribution is -2.25. The average Bonchev–Trinajstić information content (AvgIpc) is 2.50. The molecule has 4 heteroatoms. The Bertz CT molecular complexity index is 379. The Morgan fingerprint density at radius 1 is 1.24 bits per heavy atom. The van der Waals surface area contributed by atoms with Crippen molar-refractivity contribution in [2.75, 3.05) is 18.0 Å². The van der Waals surface area contributed by atoms with Crippen LogP contribution in [0.1, 0.15) is 24.8 Å². The Kier molecular flexibility index (Phi) is 3.62. The number of nitrogens with zero attached hydrogens (tertiary/aromatic N) is 1.